The molecule has 0 spiro atoms. The number of carboxylic acids is 1. The lowest BCUT2D eigenvalue weighted by Gasteiger charge is -2.30. The van der Waals surface area contributed by atoms with Crippen LogP contribution in [0, 0.1) is 11.8 Å². The van der Waals surface area contributed by atoms with Crippen LogP contribution in [0.1, 0.15) is 44.1 Å². The summed E-state index contributed by atoms with van der Waals surface area (Å²) in [6, 6.07) is 7.03. The van der Waals surface area contributed by atoms with Gasteiger partial charge in [-0.25, -0.2) is 14.8 Å². The van der Waals surface area contributed by atoms with Gasteiger partial charge < -0.3 is 15.2 Å². The van der Waals surface area contributed by atoms with Crippen LogP contribution in [-0.4, -0.2) is 39.1 Å². The molecule has 1 amide bonds. The Morgan fingerprint density at radius 3 is 2.69 bits per heavy atom. The largest absolute Gasteiger partial charge is 0.480 e. The van der Waals surface area contributed by atoms with Crippen LogP contribution in [0.4, 0.5) is 0 Å². The third kappa shape index (κ3) is 4.85. The molecule has 29 heavy (non-hydrogen) atoms. The smallest absolute Gasteiger partial charge is 0.329 e. The highest BCUT2D eigenvalue weighted by molar-refractivity contribution is 6.30. The number of hydrogen-bond donors (Lipinski definition) is 2. The maximum atomic E-state index is 12.8. The second kappa shape index (κ2) is 8.37. The van der Waals surface area contributed by atoms with E-state index < -0.39 is 17.4 Å². The van der Waals surface area contributed by atoms with Gasteiger partial charge in [-0.15, -0.1) is 0 Å². The lowest BCUT2D eigenvalue weighted by atomic mass is 9.88. The van der Waals surface area contributed by atoms with Crippen LogP contribution in [0.2, 0.25) is 5.02 Å². The minimum Gasteiger partial charge on any atom is -0.480 e. The third-order valence-electron chi connectivity index (χ3n) is 5.19. The zero-order valence-electron chi connectivity index (χ0n) is 16.6. The summed E-state index contributed by atoms with van der Waals surface area (Å²) in [6.07, 6.45) is 3.56. The maximum absolute atomic E-state index is 12.8. The van der Waals surface area contributed by atoms with E-state index in [0.717, 1.165) is 12.8 Å². The van der Waals surface area contributed by atoms with Gasteiger partial charge in [0.2, 0.25) is 5.88 Å². The SMILES string of the molecule is CC(C)C(C)(NC(=O)c1cnc(OCC2CC2)c(-c2cccc(Cl)c2)n1)C(=O)O. The van der Waals surface area contributed by atoms with Crippen molar-refractivity contribution in [1.29, 1.82) is 0 Å². The number of nitrogens with zero attached hydrogens (tertiary/aromatic N) is 2. The number of benzene rings is 1. The van der Waals surface area contributed by atoms with E-state index in [1.807, 2.05) is 0 Å². The number of aromatic nitrogens is 2. The van der Waals surface area contributed by atoms with Gasteiger partial charge in [0.1, 0.15) is 16.9 Å². The van der Waals surface area contributed by atoms with Crippen molar-refractivity contribution in [2.24, 2.45) is 11.8 Å². The van der Waals surface area contributed by atoms with Crippen molar-refractivity contribution in [3.63, 3.8) is 0 Å². The highest BCUT2D eigenvalue weighted by atomic mass is 35.5. The molecule has 3 rings (SSSR count). The molecule has 1 aliphatic rings. The van der Waals surface area contributed by atoms with Crippen LogP contribution in [0.5, 0.6) is 5.88 Å². The number of aliphatic carboxylic acids is 1. The Bertz CT molecular complexity index is 930. The third-order valence-corrected chi connectivity index (χ3v) is 5.43. The monoisotopic (exact) mass is 417 g/mol. The van der Waals surface area contributed by atoms with Gasteiger partial charge in [-0.1, -0.05) is 37.6 Å². The van der Waals surface area contributed by atoms with Gasteiger partial charge >= 0.3 is 5.97 Å². The standard InChI is InChI=1S/C21H24ClN3O4/c1-12(2)21(3,20(27)28)25-18(26)16-10-23-19(29-11-13-7-8-13)17(24-16)14-5-4-6-15(22)9-14/h4-6,9-10,12-13H,7-8,11H2,1-3H3,(H,25,26)(H,27,28). The average molecular weight is 418 g/mol. The highest BCUT2D eigenvalue weighted by Crippen LogP contribution is 2.32. The van der Waals surface area contributed by atoms with Crippen molar-refractivity contribution in [3.05, 3.63) is 41.2 Å². The second-order valence-corrected chi connectivity index (χ2v) is 8.23. The number of nitrogens with one attached hydrogen (secondary N) is 1. The van der Waals surface area contributed by atoms with Gasteiger partial charge in [-0.3, -0.25) is 4.79 Å². The highest BCUT2D eigenvalue weighted by Gasteiger charge is 2.38. The van der Waals surface area contributed by atoms with Crippen molar-refractivity contribution in [3.8, 4) is 17.1 Å². The summed E-state index contributed by atoms with van der Waals surface area (Å²) in [5.74, 6) is -1.22. The number of carbonyl (C=O) groups excluding carboxylic acids is 1. The quantitative estimate of drug-likeness (QED) is 0.677. The first kappa shape index (κ1) is 21.0. The van der Waals surface area contributed by atoms with Crippen LogP contribution < -0.4 is 10.1 Å². The summed E-state index contributed by atoms with van der Waals surface area (Å²) >= 11 is 6.11. The first-order valence-corrected chi connectivity index (χ1v) is 9.90. The number of hydrogen-bond acceptors (Lipinski definition) is 5. The van der Waals surface area contributed by atoms with E-state index in [9.17, 15) is 14.7 Å². The molecule has 1 atom stereocenters. The molecule has 1 fully saturated rings. The van der Waals surface area contributed by atoms with Gasteiger partial charge in [-0.2, -0.15) is 0 Å². The lowest BCUT2D eigenvalue weighted by molar-refractivity contribution is -0.145. The van der Waals surface area contributed by atoms with Crippen molar-refractivity contribution in [2.45, 2.75) is 39.2 Å². The van der Waals surface area contributed by atoms with Crippen molar-refractivity contribution >= 4 is 23.5 Å². The molecule has 1 unspecified atom stereocenters. The summed E-state index contributed by atoms with van der Waals surface area (Å²) in [6.45, 7) is 5.47. The molecule has 1 aromatic carbocycles. The molecule has 1 aromatic heterocycles. The Labute approximate surface area is 174 Å². The summed E-state index contributed by atoms with van der Waals surface area (Å²) in [5.41, 5.74) is -0.375. The normalized spacial score (nSPS) is 15.6. The minimum atomic E-state index is -1.43. The summed E-state index contributed by atoms with van der Waals surface area (Å²) < 4.78 is 5.82. The molecule has 2 aromatic rings. The number of carbonyl (C=O) groups is 2. The topological polar surface area (TPSA) is 101 Å². The predicted octanol–water partition coefficient (Wildman–Crippen LogP) is 3.81. The summed E-state index contributed by atoms with van der Waals surface area (Å²) in [4.78, 5) is 33.2. The first-order valence-electron chi connectivity index (χ1n) is 9.52. The Balaban J connectivity index is 1.94. The second-order valence-electron chi connectivity index (χ2n) is 7.79. The van der Waals surface area contributed by atoms with Crippen LogP contribution >= 0.6 is 11.6 Å². The van der Waals surface area contributed by atoms with Gasteiger partial charge in [0.05, 0.1) is 12.8 Å². The fourth-order valence-corrected chi connectivity index (χ4v) is 2.83. The summed E-state index contributed by atoms with van der Waals surface area (Å²) in [5, 5.41) is 12.6. The van der Waals surface area contributed by atoms with E-state index in [2.05, 4.69) is 15.3 Å². The Kier molecular flexibility index (Phi) is 6.07. The molecule has 7 nitrogen and oxygen atoms in total. The maximum Gasteiger partial charge on any atom is 0.329 e. The molecule has 1 heterocycles. The summed E-state index contributed by atoms with van der Waals surface area (Å²) in [7, 11) is 0. The zero-order valence-corrected chi connectivity index (χ0v) is 17.4. The molecule has 1 aliphatic carbocycles. The number of ether oxygens (including phenoxy) is 1. The van der Waals surface area contributed by atoms with E-state index in [1.54, 1.807) is 38.1 Å². The number of amides is 1. The molecule has 1 saturated carbocycles. The number of carboxylic acid groups (broad SMARTS) is 1. The predicted molar refractivity (Wildman–Crippen MR) is 109 cm³/mol. The van der Waals surface area contributed by atoms with Crippen molar-refractivity contribution in [2.75, 3.05) is 6.61 Å². The van der Waals surface area contributed by atoms with E-state index in [1.165, 1.54) is 13.1 Å². The molecule has 0 saturated heterocycles. The number of halogens is 1. The Morgan fingerprint density at radius 1 is 1.38 bits per heavy atom. The fourth-order valence-electron chi connectivity index (χ4n) is 2.64. The zero-order chi connectivity index (χ0) is 21.2. The van der Waals surface area contributed by atoms with E-state index in [4.69, 9.17) is 16.3 Å². The minimum absolute atomic E-state index is 0.00636. The van der Waals surface area contributed by atoms with Gasteiger partial charge in [0, 0.05) is 10.6 Å². The molecule has 0 bridgehead atoms. The average Bonchev–Trinajstić information content (AvgIpc) is 3.50. The van der Waals surface area contributed by atoms with Crippen LogP contribution in [0.15, 0.2) is 30.5 Å². The van der Waals surface area contributed by atoms with E-state index >= 15 is 0 Å². The molecule has 2 N–H and O–H groups in total. The molecular formula is C21H24ClN3O4. The molecule has 0 aliphatic heterocycles. The Morgan fingerprint density at radius 2 is 2.10 bits per heavy atom. The fraction of sp³-hybridized carbons (Fsp3) is 0.429. The van der Waals surface area contributed by atoms with Crippen LogP contribution in [-0.2, 0) is 4.79 Å². The molecule has 8 heteroatoms. The Hall–Kier alpha value is -2.67. The van der Waals surface area contributed by atoms with Crippen molar-refractivity contribution in [1.82, 2.24) is 15.3 Å². The van der Waals surface area contributed by atoms with Crippen LogP contribution in [0.3, 0.4) is 0 Å². The number of rotatable bonds is 8. The first-order chi connectivity index (χ1) is 13.7. The molecule has 154 valence electrons. The lowest BCUT2D eigenvalue weighted by Crippen LogP contribution is -2.56. The van der Waals surface area contributed by atoms with Gasteiger partial charge in [0.15, 0.2) is 0 Å². The van der Waals surface area contributed by atoms with Gasteiger partial charge in [0.25, 0.3) is 5.91 Å². The van der Waals surface area contributed by atoms with Gasteiger partial charge in [-0.05, 0) is 43.7 Å². The van der Waals surface area contributed by atoms with Crippen molar-refractivity contribution < 1.29 is 19.4 Å². The molecule has 0 radical (unpaired) electrons. The van der Waals surface area contributed by atoms with E-state index in [0.29, 0.717) is 34.7 Å². The van der Waals surface area contributed by atoms with Crippen LogP contribution in [0.25, 0.3) is 11.3 Å². The molecular weight excluding hydrogens is 394 g/mol. The van der Waals surface area contributed by atoms with E-state index in [-0.39, 0.29) is 11.6 Å².